The summed E-state index contributed by atoms with van der Waals surface area (Å²) in [5, 5.41) is 9.27. The van der Waals surface area contributed by atoms with Gasteiger partial charge >= 0.3 is 0 Å². The largest absolute Gasteiger partial charge is 0.395 e. The van der Waals surface area contributed by atoms with Gasteiger partial charge in [0.05, 0.1) is 6.61 Å². The maximum atomic E-state index is 9.27. The minimum atomic E-state index is 0.211. The fourth-order valence-electron chi connectivity index (χ4n) is 2.42. The van der Waals surface area contributed by atoms with Gasteiger partial charge < -0.3 is 5.11 Å². The lowest BCUT2D eigenvalue weighted by molar-refractivity contribution is 0.125. The van der Waals surface area contributed by atoms with Crippen LogP contribution in [0.15, 0.2) is 30.3 Å². The van der Waals surface area contributed by atoms with Gasteiger partial charge in [0.2, 0.25) is 0 Å². The van der Waals surface area contributed by atoms with Crippen LogP contribution in [0.5, 0.6) is 0 Å². The molecule has 0 aliphatic carbocycles. The normalized spacial score (nSPS) is 12.1. The van der Waals surface area contributed by atoms with Crippen molar-refractivity contribution in [2.24, 2.45) is 5.41 Å². The Hall–Kier alpha value is -0.510. The monoisotopic (exact) mass is 281 g/mol. The van der Waals surface area contributed by atoms with Gasteiger partial charge in [-0.2, -0.15) is 12.6 Å². The van der Waals surface area contributed by atoms with Gasteiger partial charge in [-0.15, -0.1) is 0 Å². The highest BCUT2D eigenvalue weighted by atomic mass is 32.1. The fraction of sp³-hybridized carbons (Fsp3) is 0.625. The van der Waals surface area contributed by atoms with Crippen molar-refractivity contribution in [2.75, 3.05) is 25.4 Å². The van der Waals surface area contributed by atoms with Crippen molar-refractivity contribution in [3.8, 4) is 0 Å². The lowest BCUT2D eigenvalue weighted by atomic mass is 9.83. The Morgan fingerprint density at radius 3 is 2.26 bits per heavy atom. The van der Waals surface area contributed by atoms with Crippen molar-refractivity contribution in [3.05, 3.63) is 35.9 Å². The first kappa shape index (κ1) is 16.5. The van der Waals surface area contributed by atoms with Gasteiger partial charge in [0.15, 0.2) is 0 Å². The molecule has 108 valence electrons. The van der Waals surface area contributed by atoms with Crippen molar-refractivity contribution >= 4 is 12.6 Å². The minimum Gasteiger partial charge on any atom is -0.395 e. The zero-order valence-corrected chi connectivity index (χ0v) is 13.1. The van der Waals surface area contributed by atoms with E-state index in [0.29, 0.717) is 0 Å². The Bertz CT molecular complexity index is 330. The number of aliphatic hydroxyl groups excluding tert-OH is 1. The highest BCUT2D eigenvalue weighted by Gasteiger charge is 2.27. The Morgan fingerprint density at radius 2 is 1.79 bits per heavy atom. The number of benzene rings is 1. The Labute approximate surface area is 123 Å². The molecule has 0 spiro atoms. The van der Waals surface area contributed by atoms with Crippen LogP contribution in [0.2, 0.25) is 0 Å². The molecule has 1 aromatic carbocycles. The second kappa shape index (κ2) is 8.62. The van der Waals surface area contributed by atoms with Gasteiger partial charge in [-0.25, -0.2) is 0 Å². The van der Waals surface area contributed by atoms with E-state index in [1.165, 1.54) is 5.56 Å². The quantitative estimate of drug-likeness (QED) is 0.679. The molecule has 0 radical (unpaired) electrons. The number of hydrogen-bond acceptors (Lipinski definition) is 3. The number of hydrogen-bond donors (Lipinski definition) is 2. The average Bonchev–Trinajstić information content (AvgIpc) is 2.46. The summed E-state index contributed by atoms with van der Waals surface area (Å²) in [5.74, 6) is 0.900. The van der Waals surface area contributed by atoms with Crippen LogP contribution >= 0.6 is 12.6 Å². The molecule has 19 heavy (non-hydrogen) atoms. The molecule has 0 amide bonds. The zero-order valence-electron chi connectivity index (χ0n) is 12.2. The van der Waals surface area contributed by atoms with Crippen LogP contribution in [-0.2, 0) is 6.54 Å². The van der Waals surface area contributed by atoms with Crippen molar-refractivity contribution in [2.45, 2.75) is 33.2 Å². The molecule has 0 bridgehead atoms. The molecule has 0 unspecified atom stereocenters. The van der Waals surface area contributed by atoms with Crippen LogP contribution < -0.4 is 0 Å². The molecule has 0 saturated carbocycles. The van der Waals surface area contributed by atoms with Crippen LogP contribution in [0.3, 0.4) is 0 Å². The van der Waals surface area contributed by atoms with E-state index in [0.717, 1.165) is 38.2 Å². The second-order valence-corrected chi connectivity index (χ2v) is 5.60. The van der Waals surface area contributed by atoms with E-state index < -0.39 is 0 Å². The highest BCUT2D eigenvalue weighted by Crippen LogP contribution is 2.29. The van der Waals surface area contributed by atoms with Gasteiger partial charge in [0, 0.05) is 19.6 Å². The van der Waals surface area contributed by atoms with Gasteiger partial charge in [-0.05, 0) is 29.6 Å². The SMILES string of the molecule is CCC(CC)(CS)CN(CCO)Cc1ccccc1. The maximum absolute atomic E-state index is 9.27. The van der Waals surface area contributed by atoms with E-state index in [4.69, 9.17) is 0 Å². The molecule has 0 aliphatic heterocycles. The first-order valence-electron chi connectivity index (χ1n) is 7.17. The molecular weight excluding hydrogens is 254 g/mol. The average molecular weight is 281 g/mol. The fourth-order valence-corrected chi connectivity index (χ4v) is 2.97. The van der Waals surface area contributed by atoms with E-state index in [1.54, 1.807) is 0 Å². The van der Waals surface area contributed by atoms with Gasteiger partial charge in [-0.3, -0.25) is 4.90 Å². The molecule has 0 aliphatic rings. The highest BCUT2D eigenvalue weighted by molar-refractivity contribution is 7.80. The molecule has 0 heterocycles. The molecule has 1 aromatic rings. The molecule has 2 nitrogen and oxygen atoms in total. The first-order chi connectivity index (χ1) is 9.19. The van der Waals surface area contributed by atoms with Crippen molar-refractivity contribution in [1.82, 2.24) is 4.90 Å². The molecule has 1 rings (SSSR count). The number of rotatable bonds is 9. The summed E-state index contributed by atoms with van der Waals surface area (Å²) in [5.41, 5.74) is 1.56. The zero-order chi connectivity index (χ0) is 14.1. The van der Waals surface area contributed by atoms with E-state index >= 15 is 0 Å². The van der Waals surface area contributed by atoms with Gasteiger partial charge in [-0.1, -0.05) is 44.2 Å². The van der Waals surface area contributed by atoms with Gasteiger partial charge in [0.25, 0.3) is 0 Å². The molecule has 0 fully saturated rings. The molecule has 3 heteroatoms. The molecule has 0 atom stereocenters. The second-order valence-electron chi connectivity index (χ2n) is 5.29. The van der Waals surface area contributed by atoms with E-state index in [-0.39, 0.29) is 12.0 Å². The number of thiol groups is 1. The summed E-state index contributed by atoms with van der Waals surface area (Å²) in [7, 11) is 0. The maximum Gasteiger partial charge on any atom is 0.0558 e. The van der Waals surface area contributed by atoms with E-state index in [2.05, 4.69) is 55.6 Å². The summed E-state index contributed by atoms with van der Waals surface area (Å²) in [6.07, 6.45) is 2.26. The van der Waals surface area contributed by atoms with Crippen LogP contribution in [0.25, 0.3) is 0 Å². The Morgan fingerprint density at radius 1 is 1.16 bits per heavy atom. The van der Waals surface area contributed by atoms with E-state index in [1.807, 2.05) is 6.07 Å². The minimum absolute atomic E-state index is 0.211. The molecule has 0 saturated heterocycles. The third-order valence-electron chi connectivity index (χ3n) is 4.06. The summed E-state index contributed by atoms with van der Waals surface area (Å²) >= 11 is 4.54. The molecule has 1 N–H and O–H groups in total. The lowest BCUT2D eigenvalue weighted by Gasteiger charge is -2.36. The van der Waals surface area contributed by atoms with Crippen molar-refractivity contribution < 1.29 is 5.11 Å². The topological polar surface area (TPSA) is 23.5 Å². The summed E-state index contributed by atoms with van der Waals surface area (Å²) < 4.78 is 0. The van der Waals surface area contributed by atoms with Crippen LogP contribution in [0, 0.1) is 5.41 Å². The van der Waals surface area contributed by atoms with Gasteiger partial charge in [0.1, 0.15) is 0 Å². The van der Waals surface area contributed by atoms with Crippen molar-refractivity contribution in [3.63, 3.8) is 0 Å². The van der Waals surface area contributed by atoms with Crippen LogP contribution in [0.1, 0.15) is 32.3 Å². The van der Waals surface area contributed by atoms with Crippen LogP contribution in [-0.4, -0.2) is 35.5 Å². The lowest BCUT2D eigenvalue weighted by Crippen LogP contribution is -2.39. The summed E-state index contributed by atoms with van der Waals surface area (Å²) in [4.78, 5) is 2.35. The summed E-state index contributed by atoms with van der Waals surface area (Å²) in [6.45, 7) is 7.31. The van der Waals surface area contributed by atoms with E-state index in [9.17, 15) is 5.11 Å². The molecular formula is C16H27NOS. The standard InChI is InChI=1S/C16H27NOS/c1-3-16(4-2,14-19)13-17(10-11-18)12-15-8-6-5-7-9-15/h5-9,18-19H,3-4,10-14H2,1-2H3. The predicted octanol–water partition coefficient (Wildman–Crippen LogP) is 3.22. The molecule has 0 aromatic heterocycles. The van der Waals surface area contributed by atoms with Crippen molar-refractivity contribution in [1.29, 1.82) is 0 Å². The number of nitrogens with zero attached hydrogens (tertiary/aromatic N) is 1. The summed E-state index contributed by atoms with van der Waals surface area (Å²) in [6, 6.07) is 10.5. The predicted molar refractivity (Wildman–Crippen MR) is 85.7 cm³/mol. The third-order valence-corrected chi connectivity index (χ3v) is 4.73. The first-order valence-corrected chi connectivity index (χ1v) is 7.81. The third kappa shape index (κ3) is 5.17. The smallest absolute Gasteiger partial charge is 0.0558 e. The number of aliphatic hydroxyl groups is 1. The Balaban J connectivity index is 2.71. The Kier molecular flexibility index (Phi) is 7.51. The van der Waals surface area contributed by atoms with Crippen LogP contribution in [0.4, 0.5) is 0 Å².